The van der Waals surface area contributed by atoms with Crippen molar-refractivity contribution in [2.45, 2.75) is 25.8 Å². The zero-order valence-electron chi connectivity index (χ0n) is 9.60. The highest BCUT2D eigenvalue weighted by molar-refractivity contribution is 7.91. The maximum absolute atomic E-state index is 11.3. The van der Waals surface area contributed by atoms with Crippen LogP contribution in [0.2, 0.25) is 0 Å². The third-order valence-corrected chi connectivity index (χ3v) is 4.60. The van der Waals surface area contributed by atoms with Gasteiger partial charge in [-0.15, -0.1) is 0 Å². The van der Waals surface area contributed by atoms with Crippen molar-refractivity contribution in [3.05, 3.63) is 11.9 Å². The Labute approximate surface area is 95.8 Å². The van der Waals surface area contributed by atoms with Crippen LogP contribution in [0, 0.1) is 6.92 Å². The van der Waals surface area contributed by atoms with Gasteiger partial charge in [0.05, 0.1) is 17.2 Å². The van der Waals surface area contributed by atoms with Crippen LogP contribution in [0.5, 0.6) is 0 Å². The van der Waals surface area contributed by atoms with Crippen LogP contribution in [0.3, 0.4) is 0 Å². The van der Waals surface area contributed by atoms with Crippen LogP contribution in [0.15, 0.2) is 6.20 Å². The highest BCUT2D eigenvalue weighted by atomic mass is 32.2. The number of rotatable bonds is 2. The molecule has 1 aliphatic rings. The molecule has 0 saturated carbocycles. The van der Waals surface area contributed by atoms with Gasteiger partial charge in [-0.05, 0) is 19.8 Å². The summed E-state index contributed by atoms with van der Waals surface area (Å²) >= 11 is 0. The Morgan fingerprint density at radius 1 is 1.44 bits per heavy atom. The molecule has 0 aliphatic carbocycles. The standard InChI is InChI=1S/C10H17N3O2S/c1-8-7-13(2)10(11-8)12-9-3-5-16(14,15)6-4-9/h7,9H,3-6H2,1-2H3,(H,11,12). The quantitative estimate of drug-likeness (QED) is 0.831. The minimum absolute atomic E-state index is 0.226. The van der Waals surface area contributed by atoms with E-state index in [0.29, 0.717) is 12.8 Å². The first kappa shape index (κ1) is 11.4. The molecule has 0 atom stereocenters. The predicted octanol–water partition coefficient (Wildman–Crippen LogP) is 0.718. The van der Waals surface area contributed by atoms with Gasteiger partial charge in [0.25, 0.3) is 0 Å². The van der Waals surface area contributed by atoms with E-state index < -0.39 is 9.84 Å². The zero-order valence-corrected chi connectivity index (χ0v) is 10.4. The number of aryl methyl sites for hydroxylation is 2. The molecule has 0 amide bonds. The Morgan fingerprint density at radius 3 is 2.56 bits per heavy atom. The molecule has 1 saturated heterocycles. The SMILES string of the molecule is Cc1cn(C)c(NC2CCS(=O)(=O)CC2)n1. The lowest BCUT2D eigenvalue weighted by molar-refractivity contribution is 0.557. The molecule has 1 aliphatic heterocycles. The fourth-order valence-electron chi connectivity index (χ4n) is 1.97. The van der Waals surface area contributed by atoms with E-state index in [4.69, 9.17) is 0 Å². The van der Waals surface area contributed by atoms with Gasteiger partial charge < -0.3 is 9.88 Å². The number of hydrogen-bond acceptors (Lipinski definition) is 4. The third-order valence-electron chi connectivity index (χ3n) is 2.88. The van der Waals surface area contributed by atoms with Crippen molar-refractivity contribution < 1.29 is 8.42 Å². The fraction of sp³-hybridized carbons (Fsp3) is 0.700. The zero-order chi connectivity index (χ0) is 11.8. The first-order valence-electron chi connectivity index (χ1n) is 5.43. The molecular formula is C10H17N3O2S. The highest BCUT2D eigenvalue weighted by Crippen LogP contribution is 2.17. The smallest absolute Gasteiger partial charge is 0.202 e. The molecule has 2 heterocycles. The first-order chi connectivity index (χ1) is 7.46. The van der Waals surface area contributed by atoms with E-state index >= 15 is 0 Å². The molecule has 1 fully saturated rings. The van der Waals surface area contributed by atoms with Crippen molar-refractivity contribution >= 4 is 15.8 Å². The predicted molar refractivity (Wildman–Crippen MR) is 63.2 cm³/mol. The molecule has 6 heteroatoms. The van der Waals surface area contributed by atoms with Crippen LogP contribution in [0.1, 0.15) is 18.5 Å². The number of hydrogen-bond donors (Lipinski definition) is 1. The normalized spacial score (nSPS) is 20.9. The van der Waals surface area contributed by atoms with Crippen LogP contribution < -0.4 is 5.32 Å². The molecule has 2 rings (SSSR count). The molecular weight excluding hydrogens is 226 g/mol. The lowest BCUT2D eigenvalue weighted by atomic mass is 10.2. The molecule has 1 N–H and O–H groups in total. The first-order valence-corrected chi connectivity index (χ1v) is 7.25. The van der Waals surface area contributed by atoms with Crippen molar-refractivity contribution in [2.75, 3.05) is 16.8 Å². The Kier molecular flexibility index (Phi) is 2.92. The topological polar surface area (TPSA) is 64.0 Å². The minimum atomic E-state index is -2.78. The molecule has 0 radical (unpaired) electrons. The summed E-state index contributed by atoms with van der Waals surface area (Å²) < 4.78 is 24.5. The lowest BCUT2D eigenvalue weighted by Gasteiger charge is -2.23. The monoisotopic (exact) mass is 243 g/mol. The van der Waals surface area contributed by atoms with Gasteiger partial charge in [-0.1, -0.05) is 0 Å². The van der Waals surface area contributed by atoms with E-state index in [1.165, 1.54) is 0 Å². The summed E-state index contributed by atoms with van der Waals surface area (Å²) in [6, 6.07) is 0.226. The van der Waals surface area contributed by atoms with Crippen molar-refractivity contribution in [3.8, 4) is 0 Å². The summed E-state index contributed by atoms with van der Waals surface area (Å²) in [7, 11) is -0.848. The minimum Gasteiger partial charge on any atom is -0.353 e. The van der Waals surface area contributed by atoms with Gasteiger partial charge in [-0.3, -0.25) is 0 Å². The van der Waals surface area contributed by atoms with Crippen LogP contribution in [-0.2, 0) is 16.9 Å². The summed E-state index contributed by atoms with van der Waals surface area (Å²) in [5.74, 6) is 1.39. The van der Waals surface area contributed by atoms with Gasteiger partial charge in [-0.2, -0.15) is 0 Å². The van der Waals surface area contributed by atoms with Crippen molar-refractivity contribution in [2.24, 2.45) is 7.05 Å². The molecule has 90 valence electrons. The van der Waals surface area contributed by atoms with E-state index in [2.05, 4.69) is 10.3 Å². The number of imidazole rings is 1. The average molecular weight is 243 g/mol. The molecule has 0 bridgehead atoms. The van der Waals surface area contributed by atoms with E-state index in [9.17, 15) is 8.42 Å². The third kappa shape index (κ3) is 2.55. The van der Waals surface area contributed by atoms with Crippen LogP contribution in [-0.4, -0.2) is 35.5 Å². The van der Waals surface area contributed by atoms with Gasteiger partial charge in [0.2, 0.25) is 5.95 Å². The second-order valence-electron chi connectivity index (χ2n) is 4.39. The summed E-state index contributed by atoms with van der Waals surface area (Å²) in [5, 5.41) is 3.30. The van der Waals surface area contributed by atoms with Crippen molar-refractivity contribution in [1.29, 1.82) is 0 Å². The number of anilines is 1. The van der Waals surface area contributed by atoms with E-state index in [1.54, 1.807) is 0 Å². The van der Waals surface area contributed by atoms with Gasteiger partial charge in [0.1, 0.15) is 9.84 Å². The summed E-state index contributed by atoms with van der Waals surface area (Å²) in [5.41, 5.74) is 0.966. The van der Waals surface area contributed by atoms with E-state index in [1.807, 2.05) is 24.7 Å². The van der Waals surface area contributed by atoms with Crippen LogP contribution in [0.4, 0.5) is 5.95 Å². The largest absolute Gasteiger partial charge is 0.353 e. The van der Waals surface area contributed by atoms with Gasteiger partial charge in [0, 0.05) is 19.3 Å². The summed E-state index contributed by atoms with van der Waals surface area (Å²) in [4.78, 5) is 4.34. The van der Waals surface area contributed by atoms with Crippen LogP contribution in [0.25, 0.3) is 0 Å². The Morgan fingerprint density at radius 2 is 2.06 bits per heavy atom. The Bertz CT molecular complexity index is 464. The van der Waals surface area contributed by atoms with Gasteiger partial charge >= 0.3 is 0 Å². The number of nitrogens with one attached hydrogen (secondary N) is 1. The van der Waals surface area contributed by atoms with Crippen LogP contribution >= 0.6 is 0 Å². The Hall–Kier alpha value is -1.04. The molecule has 5 nitrogen and oxygen atoms in total. The molecule has 16 heavy (non-hydrogen) atoms. The molecule has 0 unspecified atom stereocenters. The average Bonchev–Trinajstić information content (AvgIpc) is 2.49. The molecule has 1 aromatic rings. The highest BCUT2D eigenvalue weighted by Gasteiger charge is 2.24. The van der Waals surface area contributed by atoms with Gasteiger partial charge in [0.15, 0.2) is 0 Å². The van der Waals surface area contributed by atoms with Crippen molar-refractivity contribution in [3.63, 3.8) is 0 Å². The lowest BCUT2D eigenvalue weighted by Crippen LogP contribution is -2.32. The second-order valence-corrected chi connectivity index (χ2v) is 6.69. The second kappa shape index (κ2) is 4.08. The Balaban J connectivity index is 1.99. The number of sulfone groups is 1. The van der Waals surface area contributed by atoms with Gasteiger partial charge in [-0.25, -0.2) is 13.4 Å². The maximum Gasteiger partial charge on any atom is 0.202 e. The van der Waals surface area contributed by atoms with E-state index in [-0.39, 0.29) is 17.5 Å². The van der Waals surface area contributed by atoms with Crippen molar-refractivity contribution in [1.82, 2.24) is 9.55 Å². The number of aromatic nitrogens is 2. The molecule has 0 aromatic carbocycles. The molecule has 1 aromatic heterocycles. The van der Waals surface area contributed by atoms with E-state index in [0.717, 1.165) is 11.6 Å². The maximum atomic E-state index is 11.3. The fourth-order valence-corrected chi connectivity index (χ4v) is 3.46. The summed E-state index contributed by atoms with van der Waals surface area (Å²) in [6.45, 7) is 1.94. The molecule has 0 spiro atoms. The number of nitrogens with zero attached hydrogens (tertiary/aromatic N) is 2. The summed E-state index contributed by atoms with van der Waals surface area (Å²) in [6.07, 6.45) is 3.30.